The minimum Gasteiger partial charge on any atom is -0.366 e. The number of halogens is 2. The molecule has 84 valence electrons. The molecule has 6 heteroatoms. The van der Waals surface area contributed by atoms with Crippen molar-refractivity contribution in [3.05, 3.63) is 31.6 Å². The molecule has 16 heavy (non-hydrogen) atoms. The highest BCUT2D eigenvalue weighted by molar-refractivity contribution is 14.1. The van der Waals surface area contributed by atoms with Crippen LogP contribution in [0, 0.1) is 31.8 Å². The van der Waals surface area contributed by atoms with Gasteiger partial charge in [-0.15, -0.1) is 6.42 Å². The minimum atomic E-state index is -0.576. The van der Waals surface area contributed by atoms with Crippen LogP contribution >= 0.6 is 22.6 Å². The van der Waals surface area contributed by atoms with E-state index in [0.29, 0.717) is 0 Å². The van der Waals surface area contributed by atoms with Crippen molar-refractivity contribution >= 4 is 34.0 Å². The van der Waals surface area contributed by atoms with Crippen molar-refractivity contribution in [2.24, 2.45) is 0 Å². The van der Waals surface area contributed by atoms with Crippen LogP contribution in [0.15, 0.2) is 12.1 Å². The maximum absolute atomic E-state index is 13.3. The summed E-state index contributed by atoms with van der Waals surface area (Å²) in [6, 6.07) is 1.84. The quantitative estimate of drug-likeness (QED) is 0.400. The van der Waals surface area contributed by atoms with Gasteiger partial charge in [-0.3, -0.25) is 10.1 Å². The second-order valence-corrected chi connectivity index (χ2v) is 4.24. The predicted molar refractivity (Wildman–Crippen MR) is 67.7 cm³/mol. The number of nitro benzene ring substituents is 1. The molecule has 1 aromatic rings. The fourth-order valence-corrected chi connectivity index (χ4v) is 1.53. The number of nitrogens with one attached hydrogen (secondary N) is 1. The van der Waals surface area contributed by atoms with Crippen molar-refractivity contribution in [3.8, 4) is 12.3 Å². The van der Waals surface area contributed by atoms with E-state index in [-0.39, 0.29) is 14.9 Å². The van der Waals surface area contributed by atoms with E-state index in [1.807, 2.05) is 0 Å². The molecule has 4 nitrogen and oxygen atoms in total. The Balaban J connectivity index is 3.21. The smallest absolute Gasteiger partial charge is 0.293 e. The molecule has 0 aliphatic heterocycles. The summed E-state index contributed by atoms with van der Waals surface area (Å²) in [6.07, 6.45) is 5.14. The van der Waals surface area contributed by atoms with Gasteiger partial charge in [-0.1, -0.05) is 5.92 Å². The molecule has 0 saturated heterocycles. The molecule has 1 unspecified atom stereocenters. The van der Waals surface area contributed by atoms with Crippen LogP contribution in [0.25, 0.3) is 0 Å². The first-order valence-corrected chi connectivity index (χ1v) is 5.39. The number of rotatable bonds is 3. The van der Waals surface area contributed by atoms with Gasteiger partial charge in [0.25, 0.3) is 5.69 Å². The van der Waals surface area contributed by atoms with Crippen LogP contribution in [-0.4, -0.2) is 11.0 Å². The molecule has 1 aromatic carbocycles. The van der Waals surface area contributed by atoms with Crippen LogP contribution in [0.4, 0.5) is 15.8 Å². The summed E-state index contributed by atoms with van der Waals surface area (Å²) >= 11 is 1.70. The monoisotopic (exact) mass is 334 g/mol. The largest absolute Gasteiger partial charge is 0.366 e. The minimum absolute atomic E-state index is 0.0911. The molecule has 1 atom stereocenters. The summed E-state index contributed by atoms with van der Waals surface area (Å²) < 4.78 is 13.5. The van der Waals surface area contributed by atoms with Crippen LogP contribution in [-0.2, 0) is 0 Å². The molecular weight excluding hydrogens is 326 g/mol. The number of hydrogen-bond donors (Lipinski definition) is 1. The van der Waals surface area contributed by atoms with E-state index in [4.69, 9.17) is 6.42 Å². The zero-order valence-electron chi connectivity index (χ0n) is 8.33. The van der Waals surface area contributed by atoms with E-state index in [0.717, 1.165) is 6.07 Å². The Morgan fingerprint density at radius 1 is 1.69 bits per heavy atom. The highest BCUT2D eigenvalue weighted by Crippen LogP contribution is 2.28. The first-order chi connectivity index (χ1) is 7.45. The van der Waals surface area contributed by atoms with Crippen molar-refractivity contribution in [2.75, 3.05) is 5.32 Å². The van der Waals surface area contributed by atoms with Gasteiger partial charge in [0, 0.05) is 12.1 Å². The zero-order chi connectivity index (χ0) is 12.3. The lowest BCUT2D eigenvalue weighted by Gasteiger charge is -2.10. The maximum atomic E-state index is 13.3. The number of hydrogen-bond acceptors (Lipinski definition) is 3. The van der Waals surface area contributed by atoms with Crippen molar-refractivity contribution in [3.63, 3.8) is 0 Å². The molecule has 1 rings (SSSR count). The van der Waals surface area contributed by atoms with Gasteiger partial charge in [-0.25, -0.2) is 4.39 Å². The van der Waals surface area contributed by atoms with Crippen LogP contribution in [0.2, 0.25) is 0 Å². The zero-order valence-corrected chi connectivity index (χ0v) is 10.5. The van der Waals surface area contributed by atoms with Crippen LogP contribution in [0.3, 0.4) is 0 Å². The number of nitro groups is 1. The normalized spacial score (nSPS) is 11.6. The summed E-state index contributed by atoms with van der Waals surface area (Å²) in [4.78, 5) is 10.2. The van der Waals surface area contributed by atoms with Gasteiger partial charge in [0.2, 0.25) is 0 Å². The SMILES string of the molecule is C#CC(C)Nc1cc(F)c(I)cc1[N+](=O)[O-]. The number of anilines is 1. The van der Waals surface area contributed by atoms with E-state index in [2.05, 4.69) is 11.2 Å². The Labute approximate surface area is 106 Å². The highest BCUT2D eigenvalue weighted by atomic mass is 127. The lowest BCUT2D eigenvalue weighted by atomic mass is 10.2. The first kappa shape index (κ1) is 12.7. The third-order valence-electron chi connectivity index (χ3n) is 1.86. The number of terminal acetylenes is 1. The molecule has 0 fully saturated rings. The first-order valence-electron chi connectivity index (χ1n) is 4.31. The topological polar surface area (TPSA) is 55.2 Å². The number of nitrogens with zero attached hydrogens (tertiary/aromatic N) is 1. The standard InChI is InChI=1S/C10H8FIN2O2/c1-3-6(2)13-9-4-7(11)8(12)5-10(9)14(15)16/h1,4-6,13H,2H3. The summed E-state index contributed by atoms with van der Waals surface area (Å²) in [5.41, 5.74) is -0.0960. The molecule has 0 heterocycles. The predicted octanol–water partition coefficient (Wildman–Crippen LogP) is 2.77. The van der Waals surface area contributed by atoms with Gasteiger partial charge in [-0.2, -0.15) is 0 Å². The third kappa shape index (κ3) is 2.82. The lowest BCUT2D eigenvalue weighted by molar-refractivity contribution is -0.384. The average molecular weight is 334 g/mol. The van der Waals surface area contributed by atoms with Gasteiger partial charge in [0.15, 0.2) is 0 Å². The molecule has 0 aliphatic rings. The van der Waals surface area contributed by atoms with Crippen molar-refractivity contribution in [1.29, 1.82) is 0 Å². The Bertz CT molecular complexity index is 471. The Kier molecular flexibility index (Phi) is 4.06. The lowest BCUT2D eigenvalue weighted by Crippen LogP contribution is -2.13. The fourth-order valence-electron chi connectivity index (χ4n) is 1.08. The summed E-state index contributed by atoms with van der Waals surface area (Å²) in [5, 5.41) is 13.4. The molecule has 0 bridgehead atoms. The second kappa shape index (κ2) is 5.12. The van der Waals surface area contributed by atoms with Gasteiger partial charge in [0.1, 0.15) is 11.5 Å². The van der Waals surface area contributed by atoms with Crippen molar-refractivity contribution in [1.82, 2.24) is 0 Å². The molecule has 0 saturated carbocycles. The third-order valence-corrected chi connectivity index (χ3v) is 2.68. The summed E-state index contributed by atoms with van der Waals surface area (Å²) in [7, 11) is 0. The van der Waals surface area contributed by atoms with E-state index < -0.39 is 16.8 Å². The highest BCUT2D eigenvalue weighted by Gasteiger charge is 2.18. The Hall–Kier alpha value is -1.36. The number of benzene rings is 1. The van der Waals surface area contributed by atoms with Gasteiger partial charge in [0.05, 0.1) is 14.5 Å². The van der Waals surface area contributed by atoms with Gasteiger partial charge >= 0.3 is 0 Å². The summed E-state index contributed by atoms with van der Waals surface area (Å²) in [5.74, 6) is 1.84. The van der Waals surface area contributed by atoms with Gasteiger partial charge in [-0.05, 0) is 29.5 Å². The van der Waals surface area contributed by atoms with E-state index in [1.54, 1.807) is 29.5 Å². The second-order valence-electron chi connectivity index (χ2n) is 3.07. The molecule has 0 amide bonds. The van der Waals surface area contributed by atoms with E-state index in [9.17, 15) is 14.5 Å². The van der Waals surface area contributed by atoms with Crippen molar-refractivity contribution < 1.29 is 9.31 Å². The molecule has 0 spiro atoms. The average Bonchev–Trinajstić information content (AvgIpc) is 2.22. The Morgan fingerprint density at radius 2 is 2.31 bits per heavy atom. The maximum Gasteiger partial charge on any atom is 0.293 e. The molecule has 0 aliphatic carbocycles. The van der Waals surface area contributed by atoms with Crippen molar-refractivity contribution in [2.45, 2.75) is 13.0 Å². The molecular formula is C10H8FIN2O2. The van der Waals surface area contributed by atoms with E-state index in [1.165, 1.54) is 6.07 Å². The molecule has 0 radical (unpaired) electrons. The Morgan fingerprint density at radius 3 is 2.81 bits per heavy atom. The van der Waals surface area contributed by atoms with Crippen LogP contribution < -0.4 is 5.32 Å². The van der Waals surface area contributed by atoms with Crippen LogP contribution in [0.5, 0.6) is 0 Å². The molecule has 0 aromatic heterocycles. The van der Waals surface area contributed by atoms with E-state index >= 15 is 0 Å². The fraction of sp³-hybridized carbons (Fsp3) is 0.200. The van der Waals surface area contributed by atoms with Crippen LogP contribution in [0.1, 0.15) is 6.92 Å². The summed E-state index contributed by atoms with van der Waals surface area (Å²) in [6.45, 7) is 1.65. The van der Waals surface area contributed by atoms with Gasteiger partial charge < -0.3 is 5.32 Å². The molecule has 1 N–H and O–H groups in total.